The number of hydrogen-bond donors (Lipinski definition) is 1. The van der Waals surface area contributed by atoms with Gasteiger partial charge in [-0.3, -0.25) is 0 Å². The van der Waals surface area contributed by atoms with Crippen molar-refractivity contribution in [3.8, 4) is 0 Å². The van der Waals surface area contributed by atoms with Gasteiger partial charge in [-0.25, -0.2) is 0 Å². The van der Waals surface area contributed by atoms with Crippen LogP contribution in [0.2, 0.25) is 0 Å². The predicted octanol–water partition coefficient (Wildman–Crippen LogP) is 3.53. The molecule has 4 rings (SSSR count). The molecule has 1 saturated carbocycles. The van der Waals surface area contributed by atoms with Crippen molar-refractivity contribution in [1.29, 1.82) is 0 Å². The first-order valence-corrected chi connectivity index (χ1v) is 9.84. The fourth-order valence-corrected chi connectivity index (χ4v) is 4.40. The molecular formula is C22H29BN2. The van der Waals surface area contributed by atoms with E-state index in [4.69, 9.17) is 0 Å². The highest BCUT2D eigenvalue weighted by atomic mass is 15.0. The SMILES string of the molecule is Bc1ccc2c(c1)c1cc(C)ccc1n2CC(C)CNC1CCCC1. The van der Waals surface area contributed by atoms with Crippen LogP contribution in [0.5, 0.6) is 0 Å². The first-order valence-electron chi connectivity index (χ1n) is 9.84. The molecule has 2 nitrogen and oxygen atoms in total. The average Bonchev–Trinajstić information content (AvgIpc) is 3.20. The molecule has 0 radical (unpaired) electrons. The van der Waals surface area contributed by atoms with E-state index in [2.05, 4.69) is 68.0 Å². The van der Waals surface area contributed by atoms with E-state index in [0.29, 0.717) is 5.92 Å². The van der Waals surface area contributed by atoms with Crippen LogP contribution < -0.4 is 10.8 Å². The molecule has 1 aromatic heterocycles. The highest BCUT2D eigenvalue weighted by molar-refractivity contribution is 6.33. The molecule has 0 bridgehead atoms. The lowest BCUT2D eigenvalue weighted by Crippen LogP contribution is -2.31. The maximum Gasteiger partial charge on any atom is 0.139 e. The third kappa shape index (κ3) is 3.35. The molecule has 1 unspecified atom stereocenters. The molecule has 1 N–H and O–H groups in total. The number of nitrogens with zero attached hydrogens (tertiary/aromatic N) is 1. The number of benzene rings is 2. The van der Waals surface area contributed by atoms with Gasteiger partial charge in [0.15, 0.2) is 0 Å². The van der Waals surface area contributed by atoms with Gasteiger partial charge in [0.1, 0.15) is 7.85 Å². The quantitative estimate of drug-likeness (QED) is 0.708. The number of aromatic nitrogens is 1. The van der Waals surface area contributed by atoms with Crippen LogP contribution >= 0.6 is 0 Å². The number of fused-ring (bicyclic) bond motifs is 3. The first kappa shape index (κ1) is 16.7. The summed E-state index contributed by atoms with van der Waals surface area (Å²) in [6.45, 7) is 6.75. The Bertz CT molecular complexity index is 831. The summed E-state index contributed by atoms with van der Waals surface area (Å²) in [4.78, 5) is 0. The third-order valence-electron chi connectivity index (χ3n) is 5.78. The second-order valence-corrected chi connectivity index (χ2v) is 8.15. The lowest BCUT2D eigenvalue weighted by atomic mass is 9.94. The summed E-state index contributed by atoms with van der Waals surface area (Å²) >= 11 is 0. The summed E-state index contributed by atoms with van der Waals surface area (Å²) in [6, 6.07) is 14.5. The third-order valence-corrected chi connectivity index (χ3v) is 5.78. The Morgan fingerprint density at radius 2 is 1.76 bits per heavy atom. The zero-order valence-corrected chi connectivity index (χ0v) is 15.8. The maximum absolute atomic E-state index is 3.79. The lowest BCUT2D eigenvalue weighted by molar-refractivity contribution is 0.416. The van der Waals surface area contributed by atoms with Gasteiger partial charge in [0.05, 0.1) is 0 Å². The van der Waals surface area contributed by atoms with E-state index < -0.39 is 0 Å². The molecule has 1 aliphatic carbocycles. The average molecular weight is 332 g/mol. The molecule has 25 heavy (non-hydrogen) atoms. The fraction of sp³-hybridized carbons (Fsp3) is 0.455. The number of rotatable bonds is 5. The van der Waals surface area contributed by atoms with Crippen molar-refractivity contribution < 1.29 is 0 Å². The predicted molar refractivity (Wildman–Crippen MR) is 112 cm³/mol. The Kier molecular flexibility index (Phi) is 4.60. The number of aryl methyl sites for hydroxylation is 1. The van der Waals surface area contributed by atoms with Crippen molar-refractivity contribution in [3.05, 3.63) is 42.0 Å². The fourth-order valence-electron chi connectivity index (χ4n) is 4.40. The van der Waals surface area contributed by atoms with E-state index in [0.717, 1.165) is 19.1 Å². The summed E-state index contributed by atoms with van der Waals surface area (Å²) in [7, 11) is 2.19. The number of hydrogen-bond acceptors (Lipinski definition) is 1. The standard InChI is InChI=1S/C22H29BN2/c1-15-7-9-21-19(11-15)20-12-17(23)8-10-22(20)25(21)14-16(2)13-24-18-5-3-4-6-18/h7-12,16,18,24H,3-6,13-14,23H2,1-2H3. The van der Waals surface area contributed by atoms with Crippen molar-refractivity contribution in [3.63, 3.8) is 0 Å². The molecule has 1 atom stereocenters. The van der Waals surface area contributed by atoms with E-state index in [1.807, 2.05) is 0 Å². The van der Waals surface area contributed by atoms with Crippen LogP contribution in [0.25, 0.3) is 21.8 Å². The van der Waals surface area contributed by atoms with Gasteiger partial charge in [0.25, 0.3) is 0 Å². The molecule has 1 fully saturated rings. The van der Waals surface area contributed by atoms with E-state index >= 15 is 0 Å². The van der Waals surface area contributed by atoms with Gasteiger partial charge in [0, 0.05) is 34.4 Å². The minimum atomic E-state index is 0.627. The smallest absolute Gasteiger partial charge is 0.139 e. The van der Waals surface area contributed by atoms with Gasteiger partial charge in [-0.2, -0.15) is 0 Å². The van der Waals surface area contributed by atoms with Crippen molar-refractivity contribution in [2.75, 3.05) is 6.54 Å². The molecule has 0 spiro atoms. The zero-order valence-electron chi connectivity index (χ0n) is 15.8. The van der Waals surface area contributed by atoms with E-state index in [1.54, 1.807) is 0 Å². The molecule has 2 aromatic carbocycles. The maximum atomic E-state index is 3.79. The first-order chi connectivity index (χ1) is 12.1. The molecule has 130 valence electrons. The van der Waals surface area contributed by atoms with Crippen molar-refractivity contribution in [1.82, 2.24) is 9.88 Å². The van der Waals surface area contributed by atoms with E-state index in [9.17, 15) is 0 Å². The van der Waals surface area contributed by atoms with Crippen LogP contribution in [0, 0.1) is 12.8 Å². The minimum Gasteiger partial charge on any atom is -0.340 e. The number of nitrogens with one attached hydrogen (secondary N) is 1. The second-order valence-electron chi connectivity index (χ2n) is 8.15. The van der Waals surface area contributed by atoms with Crippen molar-refractivity contribution in [2.45, 2.75) is 52.1 Å². The van der Waals surface area contributed by atoms with Gasteiger partial charge < -0.3 is 9.88 Å². The van der Waals surface area contributed by atoms with Gasteiger partial charge in [-0.15, -0.1) is 0 Å². The Labute approximate surface area is 152 Å². The Morgan fingerprint density at radius 1 is 1.08 bits per heavy atom. The van der Waals surface area contributed by atoms with Crippen LogP contribution in [0.15, 0.2) is 36.4 Å². The summed E-state index contributed by atoms with van der Waals surface area (Å²) in [5, 5.41) is 6.59. The summed E-state index contributed by atoms with van der Waals surface area (Å²) in [5.74, 6) is 0.627. The second kappa shape index (κ2) is 6.88. The summed E-state index contributed by atoms with van der Waals surface area (Å²) in [6.07, 6.45) is 5.52. The van der Waals surface area contributed by atoms with Crippen molar-refractivity contribution >= 4 is 35.1 Å². The topological polar surface area (TPSA) is 17.0 Å². The molecule has 3 aromatic rings. The normalized spacial score (nSPS) is 16.9. The van der Waals surface area contributed by atoms with Crippen LogP contribution in [0.3, 0.4) is 0 Å². The minimum absolute atomic E-state index is 0.627. The van der Waals surface area contributed by atoms with E-state index in [1.165, 1.54) is 58.5 Å². The van der Waals surface area contributed by atoms with Crippen LogP contribution in [0.4, 0.5) is 0 Å². The molecule has 1 heterocycles. The Balaban J connectivity index is 1.65. The zero-order chi connectivity index (χ0) is 17.4. The van der Waals surface area contributed by atoms with Crippen LogP contribution in [-0.2, 0) is 6.54 Å². The Morgan fingerprint density at radius 3 is 2.52 bits per heavy atom. The van der Waals surface area contributed by atoms with Crippen molar-refractivity contribution in [2.24, 2.45) is 5.92 Å². The van der Waals surface area contributed by atoms with Gasteiger partial charge in [-0.1, -0.05) is 49.0 Å². The van der Waals surface area contributed by atoms with Crippen LogP contribution in [0.1, 0.15) is 38.2 Å². The Hall–Kier alpha value is -1.74. The van der Waals surface area contributed by atoms with Crippen LogP contribution in [-0.4, -0.2) is 25.0 Å². The lowest BCUT2D eigenvalue weighted by Gasteiger charge is -2.18. The largest absolute Gasteiger partial charge is 0.340 e. The molecular weight excluding hydrogens is 303 g/mol. The monoisotopic (exact) mass is 332 g/mol. The molecule has 0 aliphatic heterocycles. The molecule has 3 heteroatoms. The molecule has 0 amide bonds. The highest BCUT2D eigenvalue weighted by Crippen LogP contribution is 2.30. The molecule has 1 aliphatic rings. The van der Waals surface area contributed by atoms with Gasteiger partial charge in [0.2, 0.25) is 0 Å². The summed E-state index contributed by atoms with van der Waals surface area (Å²) < 4.78 is 2.53. The van der Waals surface area contributed by atoms with E-state index in [-0.39, 0.29) is 0 Å². The molecule has 0 saturated heterocycles. The highest BCUT2D eigenvalue weighted by Gasteiger charge is 2.17. The van der Waals surface area contributed by atoms with Gasteiger partial charge >= 0.3 is 0 Å². The summed E-state index contributed by atoms with van der Waals surface area (Å²) in [5.41, 5.74) is 5.42. The van der Waals surface area contributed by atoms with Gasteiger partial charge in [-0.05, 0) is 50.4 Å².